The molecule has 6 rings (SSSR count). The molecule has 4 aromatic carbocycles. The highest BCUT2D eigenvalue weighted by Crippen LogP contribution is 2.34. The molecular formula is C41H40F5N3O3S. The Balaban J connectivity index is 1.67. The van der Waals surface area contributed by atoms with Crippen molar-refractivity contribution in [1.29, 1.82) is 0 Å². The molecule has 5 aromatic rings. The molecular weight excluding hydrogens is 710 g/mol. The molecule has 0 saturated carbocycles. The van der Waals surface area contributed by atoms with Crippen LogP contribution in [0.5, 0.6) is 0 Å². The van der Waals surface area contributed by atoms with Crippen LogP contribution in [-0.2, 0) is 34.4 Å². The van der Waals surface area contributed by atoms with E-state index in [9.17, 15) is 27.8 Å². The third-order valence-corrected chi connectivity index (χ3v) is 8.60. The first-order chi connectivity index (χ1) is 35.1. The van der Waals surface area contributed by atoms with Gasteiger partial charge in [-0.2, -0.15) is 13.2 Å². The summed E-state index contributed by atoms with van der Waals surface area (Å²) < 4.78 is 284. The first-order valence-corrected chi connectivity index (χ1v) is 16.2. The Labute approximate surface area is 342 Å². The second-order valence-corrected chi connectivity index (χ2v) is 12.0. The lowest BCUT2D eigenvalue weighted by Crippen LogP contribution is -2.48. The summed E-state index contributed by atoms with van der Waals surface area (Å²) >= 11 is -0.617. The van der Waals surface area contributed by atoms with E-state index in [0.717, 1.165) is 6.92 Å². The third kappa shape index (κ3) is 9.00. The number of para-hydroxylation sites is 1. The van der Waals surface area contributed by atoms with Crippen LogP contribution in [-0.4, -0.2) is 59.6 Å². The molecule has 1 aliphatic rings. The Kier molecular flexibility index (Phi) is 5.72. The number of likely N-dealkylation sites (tertiary alicyclic amines) is 1. The number of carbonyl (C=O) groups is 1. The predicted molar refractivity (Wildman–Crippen MR) is 198 cm³/mol. The molecule has 12 heteroatoms. The minimum atomic E-state index is -5.29. The van der Waals surface area contributed by atoms with Gasteiger partial charge in [0.2, 0.25) is 5.91 Å². The van der Waals surface area contributed by atoms with Gasteiger partial charge in [0, 0.05) is 64.6 Å². The Morgan fingerprint density at radius 1 is 1.00 bits per heavy atom. The first-order valence-electron chi connectivity index (χ1n) is 27.4. The number of alkyl halides is 3. The number of methoxy groups -OCH3 is 1. The van der Waals surface area contributed by atoms with E-state index in [1.807, 2.05) is 0 Å². The maximum Gasteiger partial charge on any atom is 0.416 e. The summed E-state index contributed by atoms with van der Waals surface area (Å²) in [4.78, 5) is 31.3. The summed E-state index contributed by atoms with van der Waals surface area (Å²) in [6.07, 6.45) is -6.16. The van der Waals surface area contributed by atoms with Gasteiger partial charge in [0.15, 0.2) is 17.1 Å². The lowest BCUT2D eigenvalue weighted by atomic mass is 9.98. The smallest absolute Gasteiger partial charge is 0.383 e. The van der Waals surface area contributed by atoms with Gasteiger partial charge in [-0.1, -0.05) is 60.4 Å². The number of piperidine rings is 1. The zero-order valence-electron chi connectivity index (χ0n) is 51.2. The molecule has 1 aromatic heterocycles. The number of hydrogen-bond donors (Lipinski definition) is 0. The molecule has 0 atom stereocenters. The van der Waals surface area contributed by atoms with Gasteiger partial charge < -0.3 is 19.1 Å². The maximum atomic E-state index is 15.6. The van der Waals surface area contributed by atoms with Crippen LogP contribution < -0.4 is 5.43 Å². The molecule has 0 spiro atoms. The average molecular weight is 774 g/mol. The molecule has 278 valence electrons. The average Bonchev–Trinajstić information content (AvgIpc) is 3.31. The summed E-state index contributed by atoms with van der Waals surface area (Å²) in [5.74, 6) is -6.61. The van der Waals surface area contributed by atoms with Crippen LogP contribution in [0.2, 0.25) is 0 Å². The van der Waals surface area contributed by atoms with E-state index < -0.39 is 232 Å². The predicted octanol–water partition coefficient (Wildman–Crippen LogP) is 8.71. The molecule has 0 radical (unpaired) electrons. The number of aromatic nitrogens is 1. The molecule has 0 aliphatic carbocycles. The topological polar surface area (TPSA) is 54.8 Å². The number of rotatable bonds is 12. The van der Waals surface area contributed by atoms with E-state index >= 15 is 9.18 Å². The van der Waals surface area contributed by atoms with Gasteiger partial charge in [-0.25, -0.2) is 8.78 Å². The van der Waals surface area contributed by atoms with Crippen LogP contribution in [0.15, 0.2) is 100 Å². The van der Waals surface area contributed by atoms with E-state index in [2.05, 4.69) is 0 Å². The molecule has 1 saturated heterocycles. The Bertz CT molecular complexity index is 3260. The maximum absolute atomic E-state index is 15.6. The zero-order valence-corrected chi connectivity index (χ0v) is 28.0. The molecule has 6 nitrogen and oxygen atoms in total. The van der Waals surface area contributed by atoms with Gasteiger partial charge in [0.05, 0.1) is 52.9 Å². The minimum Gasteiger partial charge on any atom is -0.383 e. The number of thioether (sulfide) groups is 1. The fourth-order valence-corrected chi connectivity index (χ4v) is 5.94. The van der Waals surface area contributed by atoms with Crippen molar-refractivity contribution in [3.05, 3.63) is 135 Å². The van der Waals surface area contributed by atoms with Crippen molar-refractivity contribution in [1.82, 2.24) is 14.4 Å². The molecule has 2 heterocycles. The van der Waals surface area contributed by atoms with Crippen molar-refractivity contribution >= 4 is 28.6 Å². The number of fused-ring (bicyclic) bond motifs is 1. The van der Waals surface area contributed by atoms with Crippen molar-refractivity contribution < 1.29 is 64.4 Å². The third-order valence-electron chi connectivity index (χ3n) is 7.81. The van der Waals surface area contributed by atoms with Gasteiger partial charge in [0.1, 0.15) is 6.50 Å². The Morgan fingerprint density at radius 3 is 2.47 bits per heavy atom. The van der Waals surface area contributed by atoms with E-state index in [-0.39, 0.29) is 29.1 Å². The van der Waals surface area contributed by atoms with Gasteiger partial charge >= 0.3 is 6.18 Å². The van der Waals surface area contributed by atoms with Crippen LogP contribution >= 0.6 is 11.8 Å². The Morgan fingerprint density at radius 2 is 1.74 bits per heavy atom. The quantitative estimate of drug-likeness (QED) is 0.0939. The first kappa shape index (κ1) is 18.2. The SMILES string of the molecule is [2H]c1c([2H])c(F)c(F)c(C([2H])([2H])Sc2c([2H])c(=O)c3c([2H])c([2H])c([2H])c([2H])c3n2C([2H])([2H])C(=O)N(C2CCN(CCOC([2H])([2H])[2H])CC2)C([2H])([2H])c2c([2H])c([2H])c(-c3c([2H])c([2H])c(C(F)(F)F)c(C)c3[2H])c([2H])c2[2H])c1[2H]. The number of nitrogens with zero attached hydrogens (tertiary/aromatic N) is 3. The highest BCUT2D eigenvalue weighted by atomic mass is 32.2. The monoisotopic (exact) mass is 773 g/mol. The van der Waals surface area contributed by atoms with Crippen molar-refractivity contribution in [3.63, 3.8) is 0 Å². The summed E-state index contributed by atoms with van der Waals surface area (Å²) in [5.41, 5.74) is -14.7. The summed E-state index contributed by atoms with van der Waals surface area (Å²) in [6.45, 7) is -8.30. The minimum absolute atomic E-state index is 0.0435. The van der Waals surface area contributed by atoms with Crippen LogP contribution in [0.1, 0.15) is 68.0 Å². The fraction of sp³-hybridized carbons (Fsp3) is 0.317. The number of carbonyl (C=O) groups excluding carboxylic acids is 1. The summed E-state index contributed by atoms with van der Waals surface area (Å²) in [6, 6.07) is -22.3. The number of ether oxygens (including phenoxy) is 1. The fourth-order valence-electron chi connectivity index (χ4n) is 5.23. The van der Waals surface area contributed by atoms with E-state index in [0.29, 0.717) is 0 Å². The van der Waals surface area contributed by atoms with Crippen LogP contribution in [0.4, 0.5) is 22.0 Å². The van der Waals surface area contributed by atoms with Crippen molar-refractivity contribution in [2.75, 3.05) is 33.3 Å². The van der Waals surface area contributed by atoms with Gasteiger partial charge in [-0.3, -0.25) is 9.59 Å². The number of pyridine rings is 1. The van der Waals surface area contributed by atoms with E-state index in [1.54, 1.807) is 4.90 Å². The second-order valence-electron chi connectivity index (χ2n) is 11.2. The van der Waals surface area contributed by atoms with E-state index in [1.165, 1.54) is 0 Å². The van der Waals surface area contributed by atoms with Crippen molar-refractivity contribution in [2.45, 2.75) is 55.7 Å². The zero-order chi connectivity index (χ0) is 58.6. The molecule has 53 heavy (non-hydrogen) atoms. The second kappa shape index (κ2) is 16.7. The molecule has 1 amide bonds. The van der Waals surface area contributed by atoms with Crippen LogP contribution in [0.3, 0.4) is 0 Å². The normalized spacial score (nSPS) is 21.7. The standard InChI is InChI=1S/C41H40F5N3O3S/c1-27-22-30(14-15-34(27)41(44,45)46)29-12-10-28(11-13-29)24-48(32-16-18-47(19-17-32)20-21-52-2)38(51)25-49-36-9-4-3-7-33(36)37(50)23-39(49)53-26-31-6-5-8-35(42)40(31)43/h3-15,22-23,32H,16-21,24-26H2,1-2H3/i2D3,3D,4D,5D,6D,7D,8D,9D,10D,11D,12D,13D,14D,15D,22D,23D,24D2,25D2,26D2. The summed E-state index contributed by atoms with van der Waals surface area (Å²) in [5, 5.41) is -2.71. The summed E-state index contributed by atoms with van der Waals surface area (Å²) in [7, 11) is -2.83. The number of halogens is 5. The highest BCUT2D eigenvalue weighted by Gasteiger charge is 2.32. The van der Waals surface area contributed by atoms with Crippen molar-refractivity contribution in [3.8, 4) is 11.1 Å². The van der Waals surface area contributed by atoms with E-state index in [4.69, 9.17) is 32.2 Å². The molecule has 1 fully saturated rings. The largest absolute Gasteiger partial charge is 0.416 e. The van der Waals surface area contributed by atoms with Gasteiger partial charge in [-0.05, 0) is 66.2 Å². The molecule has 0 unspecified atom stereocenters. The molecule has 0 N–H and O–H groups in total. The number of benzene rings is 4. The van der Waals surface area contributed by atoms with Crippen LogP contribution in [0, 0.1) is 18.6 Å². The van der Waals surface area contributed by atoms with Gasteiger partial charge in [-0.15, -0.1) is 11.8 Å². The Hall–Kier alpha value is -4.52. The number of amides is 1. The van der Waals surface area contributed by atoms with Gasteiger partial charge in [0.25, 0.3) is 0 Å². The lowest BCUT2D eigenvalue weighted by Gasteiger charge is -2.39. The lowest BCUT2D eigenvalue weighted by molar-refractivity contribution is -0.138. The number of hydrogen-bond acceptors (Lipinski definition) is 5. The van der Waals surface area contributed by atoms with Crippen LogP contribution in [0.25, 0.3) is 22.0 Å². The van der Waals surface area contributed by atoms with Crippen molar-refractivity contribution in [2.24, 2.45) is 0 Å². The highest BCUT2D eigenvalue weighted by molar-refractivity contribution is 7.98. The molecule has 0 bridgehead atoms. The molecule has 1 aliphatic heterocycles.